The van der Waals surface area contributed by atoms with Crippen LogP contribution in [0.4, 0.5) is 0 Å². The summed E-state index contributed by atoms with van der Waals surface area (Å²) in [5.74, 6) is 0.624. The standard InChI is InChI=1S/C22H27ClN2O3/c1-25(2)21(19-7-3-4-8-20(19)23)14-24-22(26)16-9-11-17(12-10-16)28-15-18-6-5-13-27-18/h3-4,7-12,18,21H,5-6,13-15H2,1-2H3,(H,24,26). The summed E-state index contributed by atoms with van der Waals surface area (Å²) in [6.45, 7) is 1.83. The summed E-state index contributed by atoms with van der Waals surface area (Å²) >= 11 is 6.33. The highest BCUT2D eigenvalue weighted by molar-refractivity contribution is 6.31. The van der Waals surface area contributed by atoms with Crippen molar-refractivity contribution in [3.05, 3.63) is 64.7 Å². The van der Waals surface area contributed by atoms with Gasteiger partial charge in [0, 0.05) is 23.7 Å². The first kappa shape index (κ1) is 20.6. The molecule has 1 amide bonds. The molecule has 1 aliphatic heterocycles. The van der Waals surface area contributed by atoms with Crippen LogP contribution in [0.5, 0.6) is 5.75 Å². The normalized spacial score (nSPS) is 17.5. The highest BCUT2D eigenvalue weighted by Crippen LogP contribution is 2.25. The molecular weight excluding hydrogens is 376 g/mol. The molecule has 1 heterocycles. The molecule has 1 N–H and O–H groups in total. The van der Waals surface area contributed by atoms with Crippen molar-refractivity contribution >= 4 is 17.5 Å². The molecule has 0 aromatic heterocycles. The molecule has 2 aromatic rings. The lowest BCUT2D eigenvalue weighted by Gasteiger charge is -2.26. The molecule has 150 valence electrons. The summed E-state index contributed by atoms with van der Waals surface area (Å²) in [6, 6.07) is 14.9. The van der Waals surface area contributed by atoms with E-state index in [0.29, 0.717) is 23.7 Å². The molecule has 0 aliphatic carbocycles. The topological polar surface area (TPSA) is 50.8 Å². The van der Waals surface area contributed by atoms with Gasteiger partial charge in [0.25, 0.3) is 5.91 Å². The van der Waals surface area contributed by atoms with E-state index in [0.717, 1.165) is 30.8 Å². The first-order valence-electron chi connectivity index (χ1n) is 9.58. The van der Waals surface area contributed by atoms with Crippen LogP contribution in [0.2, 0.25) is 5.02 Å². The number of hydrogen-bond donors (Lipinski definition) is 1. The number of amides is 1. The smallest absolute Gasteiger partial charge is 0.251 e. The molecule has 2 atom stereocenters. The van der Waals surface area contributed by atoms with Crippen molar-refractivity contribution in [1.29, 1.82) is 0 Å². The monoisotopic (exact) mass is 402 g/mol. The second kappa shape index (κ2) is 9.92. The van der Waals surface area contributed by atoms with Gasteiger partial charge in [-0.05, 0) is 62.8 Å². The minimum Gasteiger partial charge on any atom is -0.491 e. The van der Waals surface area contributed by atoms with Gasteiger partial charge in [-0.15, -0.1) is 0 Å². The molecule has 2 unspecified atom stereocenters. The number of carbonyl (C=O) groups is 1. The number of ether oxygens (including phenoxy) is 2. The summed E-state index contributed by atoms with van der Waals surface area (Å²) in [6.07, 6.45) is 2.31. The summed E-state index contributed by atoms with van der Waals surface area (Å²) in [5.41, 5.74) is 1.59. The fourth-order valence-electron chi connectivity index (χ4n) is 3.27. The number of carbonyl (C=O) groups excluding carboxylic acids is 1. The van der Waals surface area contributed by atoms with E-state index >= 15 is 0 Å². The average Bonchev–Trinajstić information content (AvgIpc) is 3.21. The van der Waals surface area contributed by atoms with Crippen LogP contribution in [-0.2, 0) is 4.74 Å². The van der Waals surface area contributed by atoms with Gasteiger partial charge in [0.15, 0.2) is 0 Å². The second-order valence-electron chi connectivity index (χ2n) is 7.18. The van der Waals surface area contributed by atoms with Crippen LogP contribution in [-0.4, -0.2) is 50.8 Å². The molecule has 6 heteroatoms. The van der Waals surface area contributed by atoms with Gasteiger partial charge in [0.1, 0.15) is 12.4 Å². The predicted molar refractivity (Wildman–Crippen MR) is 111 cm³/mol. The zero-order valence-corrected chi connectivity index (χ0v) is 17.1. The lowest BCUT2D eigenvalue weighted by Crippen LogP contribution is -2.34. The minimum absolute atomic E-state index is 0.00771. The van der Waals surface area contributed by atoms with Crippen molar-refractivity contribution in [3.63, 3.8) is 0 Å². The molecule has 1 fully saturated rings. The minimum atomic E-state index is -0.121. The second-order valence-corrected chi connectivity index (χ2v) is 7.59. The fourth-order valence-corrected chi connectivity index (χ4v) is 3.54. The average molecular weight is 403 g/mol. The molecule has 1 saturated heterocycles. The van der Waals surface area contributed by atoms with Crippen LogP contribution >= 0.6 is 11.6 Å². The van der Waals surface area contributed by atoms with Crippen molar-refractivity contribution in [1.82, 2.24) is 10.2 Å². The predicted octanol–water partition coefficient (Wildman–Crippen LogP) is 3.93. The third kappa shape index (κ3) is 5.47. The molecule has 0 bridgehead atoms. The Hall–Kier alpha value is -2.08. The Morgan fingerprint density at radius 2 is 2.00 bits per heavy atom. The number of rotatable bonds is 8. The Labute approximate surface area is 171 Å². The van der Waals surface area contributed by atoms with Crippen molar-refractivity contribution in [2.45, 2.75) is 25.0 Å². The highest BCUT2D eigenvalue weighted by atomic mass is 35.5. The third-order valence-corrected chi connectivity index (χ3v) is 5.26. The van der Waals surface area contributed by atoms with Crippen LogP contribution < -0.4 is 10.1 Å². The van der Waals surface area contributed by atoms with Crippen molar-refractivity contribution in [3.8, 4) is 5.75 Å². The van der Waals surface area contributed by atoms with E-state index in [9.17, 15) is 4.79 Å². The van der Waals surface area contributed by atoms with Gasteiger partial charge in [-0.1, -0.05) is 29.8 Å². The van der Waals surface area contributed by atoms with Crippen molar-refractivity contribution in [2.24, 2.45) is 0 Å². The van der Waals surface area contributed by atoms with Crippen LogP contribution in [0.1, 0.15) is 34.8 Å². The third-order valence-electron chi connectivity index (χ3n) is 4.92. The Morgan fingerprint density at radius 3 is 2.64 bits per heavy atom. The molecular formula is C22H27ClN2O3. The molecule has 0 radical (unpaired) electrons. The maximum absolute atomic E-state index is 12.5. The first-order chi connectivity index (χ1) is 13.5. The number of hydrogen-bond acceptors (Lipinski definition) is 4. The number of halogens is 1. The van der Waals surface area contributed by atoms with Gasteiger partial charge >= 0.3 is 0 Å². The van der Waals surface area contributed by atoms with Crippen LogP contribution in [0.15, 0.2) is 48.5 Å². The Morgan fingerprint density at radius 1 is 1.25 bits per heavy atom. The Bertz CT molecular complexity index is 774. The number of benzene rings is 2. The number of nitrogens with zero attached hydrogens (tertiary/aromatic N) is 1. The molecule has 0 spiro atoms. The SMILES string of the molecule is CN(C)C(CNC(=O)c1ccc(OCC2CCCO2)cc1)c1ccccc1Cl. The van der Waals surface area contributed by atoms with Gasteiger partial charge < -0.3 is 19.7 Å². The van der Waals surface area contributed by atoms with Gasteiger partial charge in [-0.2, -0.15) is 0 Å². The summed E-state index contributed by atoms with van der Waals surface area (Å²) in [7, 11) is 3.95. The van der Waals surface area contributed by atoms with E-state index in [1.807, 2.05) is 55.4 Å². The first-order valence-corrected chi connectivity index (χ1v) is 9.96. The number of nitrogens with one attached hydrogen (secondary N) is 1. The van der Waals surface area contributed by atoms with E-state index in [1.54, 1.807) is 12.1 Å². The van der Waals surface area contributed by atoms with Gasteiger partial charge in [-0.3, -0.25) is 4.79 Å². The van der Waals surface area contributed by atoms with Crippen LogP contribution in [0, 0.1) is 0 Å². The lowest BCUT2D eigenvalue weighted by atomic mass is 10.1. The lowest BCUT2D eigenvalue weighted by molar-refractivity contribution is 0.0679. The zero-order valence-electron chi connectivity index (χ0n) is 16.4. The maximum Gasteiger partial charge on any atom is 0.251 e. The van der Waals surface area contributed by atoms with Crippen LogP contribution in [0.25, 0.3) is 0 Å². The van der Waals surface area contributed by atoms with E-state index in [2.05, 4.69) is 5.32 Å². The molecule has 0 saturated carbocycles. The van der Waals surface area contributed by atoms with Gasteiger partial charge in [0.2, 0.25) is 0 Å². The largest absolute Gasteiger partial charge is 0.491 e. The molecule has 1 aliphatic rings. The zero-order chi connectivity index (χ0) is 19.9. The number of likely N-dealkylation sites (N-methyl/N-ethyl adjacent to an activating group) is 1. The summed E-state index contributed by atoms with van der Waals surface area (Å²) < 4.78 is 11.3. The van der Waals surface area contributed by atoms with Crippen molar-refractivity contribution in [2.75, 3.05) is 33.9 Å². The molecule has 2 aromatic carbocycles. The molecule has 28 heavy (non-hydrogen) atoms. The van der Waals surface area contributed by atoms with Crippen LogP contribution in [0.3, 0.4) is 0 Å². The van der Waals surface area contributed by atoms with E-state index < -0.39 is 0 Å². The van der Waals surface area contributed by atoms with Crippen molar-refractivity contribution < 1.29 is 14.3 Å². The van der Waals surface area contributed by atoms with E-state index in [-0.39, 0.29) is 18.1 Å². The molecule has 5 nitrogen and oxygen atoms in total. The van der Waals surface area contributed by atoms with E-state index in [1.165, 1.54) is 0 Å². The summed E-state index contributed by atoms with van der Waals surface area (Å²) in [5, 5.41) is 3.70. The van der Waals surface area contributed by atoms with Gasteiger partial charge in [0.05, 0.1) is 12.1 Å². The Balaban J connectivity index is 1.55. The summed E-state index contributed by atoms with van der Waals surface area (Å²) in [4.78, 5) is 14.6. The van der Waals surface area contributed by atoms with Gasteiger partial charge in [-0.25, -0.2) is 0 Å². The van der Waals surface area contributed by atoms with E-state index in [4.69, 9.17) is 21.1 Å². The maximum atomic E-state index is 12.5. The fraction of sp³-hybridized carbons (Fsp3) is 0.409. The quantitative estimate of drug-likeness (QED) is 0.726. The highest BCUT2D eigenvalue weighted by Gasteiger charge is 2.19. The molecule has 3 rings (SSSR count). The Kier molecular flexibility index (Phi) is 7.31.